The number of likely N-dealkylation sites (tertiary alicyclic amines) is 1. The van der Waals surface area contributed by atoms with Crippen molar-refractivity contribution >= 4 is 22.7 Å². The molecule has 0 saturated carbocycles. The lowest BCUT2D eigenvalue weighted by Crippen LogP contribution is -2.47. The summed E-state index contributed by atoms with van der Waals surface area (Å²) >= 11 is 6.41. The number of benzene rings is 3. The molecule has 3 aromatic rings. The van der Waals surface area contributed by atoms with E-state index in [1.807, 2.05) is 31.2 Å². The van der Waals surface area contributed by atoms with E-state index in [1.54, 1.807) is 30.3 Å². The monoisotopic (exact) mass is 493 g/mol. The molecule has 1 saturated heterocycles. The smallest absolute Gasteiger partial charge is 0.150 e. The molecule has 6 heteroatoms. The highest BCUT2D eigenvalue weighted by Gasteiger charge is 2.31. The van der Waals surface area contributed by atoms with Gasteiger partial charge in [-0.05, 0) is 60.4 Å². The lowest BCUT2D eigenvalue weighted by molar-refractivity contribution is 0.0806. The predicted octanol–water partition coefficient (Wildman–Crippen LogP) is 6.97. The van der Waals surface area contributed by atoms with Gasteiger partial charge in [-0.25, -0.2) is 4.39 Å². The number of fused-ring (bicyclic) bond motifs is 1. The van der Waals surface area contributed by atoms with E-state index in [9.17, 15) is 9.50 Å². The first-order valence-corrected chi connectivity index (χ1v) is 12.4. The Bertz CT molecular complexity index is 1250. The van der Waals surface area contributed by atoms with Crippen molar-refractivity contribution in [1.29, 1.82) is 0 Å². The maximum Gasteiger partial charge on any atom is 0.150 e. The summed E-state index contributed by atoms with van der Waals surface area (Å²) in [6, 6.07) is 17.6. The van der Waals surface area contributed by atoms with Crippen LogP contribution < -0.4 is 9.47 Å². The maximum atomic E-state index is 14.4. The van der Waals surface area contributed by atoms with Crippen molar-refractivity contribution in [3.63, 3.8) is 0 Å². The number of aromatic hydroxyl groups is 1. The van der Waals surface area contributed by atoms with Gasteiger partial charge in [0, 0.05) is 36.3 Å². The number of phenols is 1. The predicted molar refractivity (Wildman–Crippen MR) is 138 cm³/mol. The number of phenolic OH excluding ortho intramolecular Hbond substituents is 1. The third kappa shape index (κ3) is 4.75. The third-order valence-corrected chi connectivity index (χ3v) is 7.37. The fourth-order valence-corrected chi connectivity index (χ4v) is 5.11. The highest BCUT2D eigenvalue weighted by atomic mass is 35.5. The molecular formula is C29H29ClFNO3. The van der Waals surface area contributed by atoms with E-state index in [4.69, 9.17) is 21.1 Å². The van der Waals surface area contributed by atoms with Crippen molar-refractivity contribution in [3.05, 3.63) is 88.2 Å². The fraction of sp³-hybridized carbons (Fsp3) is 0.310. The van der Waals surface area contributed by atoms with Crippen LogP contribution in [0.1, 0.15) is 43.1 Å². The number of rotatable bonds is 7. The van der Waals surface area contributed by atoms with Crippen LogP contribution in [0.3, 0.4) is 0 Å². The Labute approximate surface area is 210 Å². The standard InChI is InChI=1S/C29H29ClFNO3/c1-3-19-16-32(17-19)13-14-34-22-10-7-20(8-11-22)29-27(23-5-4-6-25(31)28(23)30)18(2)24-15-21(33)9-12-26(24)35-29/h4-12,15,19,29,33H,3,13-14,16-17H2,1-2H3/t29-/m0/s1. The van der Waals surface area contributed by atoms with Crippen LogP contribution in [0.25, 0.3) is 11.1 Å². The van der Waals surface area contributed by atoms with E-state index < -0.39 is 11.9 Å². The van der Waals surface area contributed by atoms with Gasteiger partial charge in [-0.15, -0.1) is 0 Å². The summed E-state index contributed by atoms with van der Waals surface area (Å²) < 4.78 is 26.8. The van der Waals surface area contributed by atoms with Crippen LogP contribution in [-0.2, 0) is 0 Å². The molecule has 0 amide bonds. The van der Waals surface area contributed by atoms with Crippen molar-refractivity contribution in [2.75, 3.05) is 26.2 Å². The SMILES string of the molecule is CCC1CN(CCOc2ccc([C@@H]3Oc4ccc(O)cc4C(C)=C3c3cccc(F)c3Cl)cc2)C1. The highest BCUT2D eigenvalue weighted by Crippen LogP contribution is 2.49. The molecule has 1 fully saturated rings. The lowest BCUT2D eigenvalue weighted by Gasteiger charge is -2.38. The molecule has 182 valence electrons. The molecule has 2 heterocycles. The number of hydrogen-bond donors (Lipinski definition) is 1. The van der Waals surface area contributed by atoms with Crippen LogP contribution in [0.15, 0.2) is 60.7 Å². The van der Waals surface area contributed by atoms with Gasteiger partial charge in [0.15, 0.2) is 0 Å². The van der Waals surface area contributed by atoms with Crippen LogP contribution in [-0.4, -0.2) is 36.2 Å². The van der Waals surface area contributed by atoms with Crippen LogP contribution in [0.2, 0.25) is 5.02 Å². The highest BCUT2D eigenvalue weighted by molar-refractivity contribution is 6.33. The zero-order valence-corrected chi connectivity index (χ0v) is 20.7. The van der Waals surface area contributed by atoms with Crippen molar-refractivity contribution < 1.29 is 19.0 Å². The summed E-state index contributed by atoms with van der Waals surface area (Å²) in [7, 11) is 0. The number of allylic oxidation sites excluding steroid dienone is 1. The quantitative estimate of drug-likeness (QED) is 0.386. The van der Waals surface area contributed by atoms with E-state index in [1.165, 1.54) is 12.5 Å². The minimum atomic E-state index is -0.493. The summed E-state index contributed by atoms with van der Waals surface area (Å²) in [6.45, 7) is 8.08. The molecule has 0 aromatic heterocycles. The van der Waals surface area contributed by atoms with Gasteiger partial charge in [-0.1, -0.05) is 49.2 Å². The van der Waals surface area contributed by atoms with Crippen LogP contribution in [0.4, 0.5) is 4.39 Å². The molecule has 1 N–H and O–H groups in total. The van der Waals surface area contributed by atoms with Gasteiger partial charge in [0.05, 0.1) is 5.02 Å². The molecule has 1 atom stereocenters. The second-order valence-electron chi connectivity index (χ2n) is 9.27. The van der Waals surface area contributed by atoms with Crippen LogP contribution >= 0.6 is 11.6 Å². The van der Waals surface area contributed by atoms with Gasteiger partial charge in [0.1, 0.15) is 35.8 Å². The number of ether oxygens (including phenoxy) is 2. The van der Waals surface area contributed by atoms with E-state index in [0.717, 1.165) is 53.6 Å². The number of hydrogen-bond acceptors (Lipinski definition) is 4. The van der Waals surface area contributed by atoms with Crippen LogP contribution in [0, 0.1) is 11.7 Å². The van der Waals surface area contributed by atoms with Gasteiger partial charge in [0.2, 0.25) is 0 Å². The Morgan fingerprint density at radius 3 is 2.60 bits per heavy atom. The Kier molecular flexibility index (Phi) is 6.72. The molecule has 0 spiro atoms. The Hall–Kier alpha value is -3.02. The third-order valence-electron chi connectivity index (χ3n) is 6.99. The van der Waals surface area contributed by atoms with E-state index >= 15 is 0 Å². The average molecular weight is 494 g/mol. The van der Waals surface area contributed by atoms with Gasteiger partial charge < -0.3 is 14.6 Å². The van der Waals surface area contributed by atoms with Gasteiger partial charge >= 0.3 is 0 Å². The second-order valence-corrected chi connectivity index (χ2v) is 9.65. The largest absolute Gasteiger partial charge is 0.508 e. The summed E-state index contributed by atoms with van der Waals surface area (Å²) in [6.07, 6.45) is 0.747. The maximum absolute atomic E-state index is 14.4. The molecule has 0 aliphatic carbocycles. The molecule has 3 aromatic carbocycles. The fourth-order valence-electron chi connectivity index (χ4n) is 4.88. The number of halogens is 2. The summed E-state index contributed by atoms with van der Waals surface area (Å²) in [5.41, 5.74) is 3.87. The summed E-state index contributed by atoms with van der Waals surface area (Å²) in [5, 5.41) is 10.1. The molecule has 0 bridgehead atoms. The minimum absolute atomic E-state index is 0.0512. The zero-order valence-electron chi connectivity index (χ0n) is 19.9. The normalized spacial score (nSPS) is 18.1. The van der Waals surface area contributed by atoms with Gasteiger partial charge in [0.25, 0.3) is 0 Å². The first kappa shape index (κ1) is 23.7. The first-order chi connectivity index (χ1) is 16.9. The topological polar surface area (TPSA) is 41.9 Å². The lowest BCUT2D eigenvalue weighted by atomic mass is 9.86. The van der Waals surface area contributed by atoms with E-state index in [-0.39, 0.29) is 10.8 Å². The summed E-state index contributed by atoms with van der Waals surface area (Å²) in [5.74, 6) is 1.94. The molecule has 2 aliphatic heterocycles. The molecule has 2 aliphatic rings. The zero-order chi connectivity index (χ0) is 24.5. The van der Waals surface area contributed by atoms with Crippen LogP contribution in [0.5, 0.6) is 17.2 Å². The Morgan fingerprint density at radius 1 is 1.09 bits per heavy atom. The van der Waals surface area contributed by atoms with E-state index in [0.29, 0.717) is 17.9 Å². The van der Waals surface area contributed by atoms with Crippen molar-refractivity contribution in [3.8, 4) is 17.2 Å². The van der Waals surface area contributed by atoms with Gasteiger partial charge in [-0.3, -0.25) is 4.90 Å². The molecule has 0 unspecified atom stereocenters. The molecule has 5 rings (SSSR count). The first-order valence-electron chi connectivity index (χ1n) is 12.0. The number of nitrogens with zero attached hydrogens (tertiary/aromatic N) is 1. The van der Waals surface area contributed by atoms with Gasteiger partial charge in [-0.2, -0.15) is 0 Å². The van der Waals surface area contributed by atoms with Crippen molar-refractivity contribution in [1.82, 2.24) is 4.90 Å². The molecular weight excluding hydrogens is 465 g/mol. The molecule has 0 radical (unpaired) electrons. The average Bonchev–Trinajstić information content (AvgIpc) is 2.83. The van der Waals surface area contributed by atoms with Crippen molar-refractivity contribution in [2.45, 2.75) is 26.4 Å². The Balaban J connectivity index is 1.41. The van der Waals surface area contributed by atoms with Crippen molar-refractivity contribution in [2.24, 2.45) is 5.92 Å². The molecule has 35 heavy (non-hydrogen) atoms. The molecule has 4 nitrogen and oxygen atoms in total. The minimum Gasteiger partial charge on any atom is -0.508 e. The second kappa shape index (κ2) is 9.92. The Morgan fingerprint density at radius 2 is 1.86 bits per heavy atom. The van der Waals surface area contributed by atoms with E-state index in [2.05, 4.69) is 11.8 Å². The summed E-state index contributed by atoms with van der Waals surface area (Å²) in [4.78, 5) is 2.41.